The molecule has 1 aromatic rings. The van der Waals surface area contributed by atoms with Crippen LogP contribution in [0.25, 0.3) is 0 Å². The van der Waals surface area contributed by atoms with Crippen LogP contribution in [0.1, 0.15) is 24.8 Å². The quantitative estimate of drug-likeness (QED) is 0.409. The summed E-state index contributed by atoms with van der Waals surface area (Å²) in [6.07, 6.45) is 5.51. The Morgan fingerprint density at radius 1 is 1.36 bits per heavy atom. The van der Waals surface area contributed by atoms with E-state index in [0.29, 0.717) is 11.4 Å². The van der Waals surface area contributed by atoms with Crippen molar-refractivity contribution in [1.29, 1.82) is 0 Å². The van der Waals surface area contributed by atoms with Crippen LogP contribution in [0.3, 0.4) is 0 Å². The number of halogens is 1. The Morgan fingerprint density at radius 2 is 2.18 bits per heavy atom. The van der Waals surface area contributed by atoms with Gasteiger partial charge in [-0.1, -0.05) is 41.7 Å². The Hall–Kier alpha value is -2.62. The molecule has 2 rings (SSSR count). The number of amides is 1. The van der Waals surface area contributed by atoms with Gasteiger partial charge in [0, 0.05) is 17.9 Å². The maximum atomic E-state index is 12.2. The molecule has 0 aromatic heterocycles. The van der Waals surface area contributed by atoms with E-state index in [0.717, 1.165) is 18.4 Å². The third-order valence-corrected chi connectivity index (χ3v) is 4.39. The second kappa shape index (κ2) is 11.3. The normalized spacial score (nSPS) is 16.7. The van der Waals surface area contributed by atoms with Crippen LogP contribution in [0.5, 0.6) is 0 Å². The highest BCUT2D eigenvalue weighted by Gasteiger charge is 2.25. The van der Waals surface area contributed by atoms with Crippen molar-refractivity contribution >= 4 is 29.3 Å². The van der Waals surface area contributed by atoms with Crippen LogP contribution in [0.2, 0.25) is 5.02 Å². The summed E-state index contributed by atoms with van der Waals surface area (Å²) in [4.78, 5) is 36.4. The molecule has 1 heterocycles. The van der Waals surface area contributed by atoms with Gasteiger partial charge in [-0.3, -0.25) is 9.59 Å². The van der Waals surface area contributed by atoms with Crippen molar-refractivity contribution in [2.75, 3.05) is 19.8 Å². The SMILES string of the molecule is O=C(O)COCC#CCN1C(=O)CCC[C@@H]1/C=C/C(=O)Cc1cccc(Cl)c1. The van der Waals surface area contributed by atoms with Crippen LogP contribution in [-0.2, 0) is 25.5 Å². The van der Waals surface area contributed by atoms with E-state index < -0.39 is 12.6 Å². The molecule has 6 nitrogen and oxygen atoms in total. The summed E-state index contributed by atoms with van der Waals surface area (Å²) in [5.74, 6) is 4.40. The Bertz CT molecular complexity index is 809. The van der Waals surface area contributed by atoms with Crippen molar-refractivity contribution in [2.45, 2.75) is 31.7 Å². The first-order valence-electron chi connectivity index (χ1n) is 8.96. The summed E-state index contributed by atoms with van der Waals surface area (Å²) in [7, 11) is 0. The van der Waals surface area contributed by atoms with E-state index in [1.165, 1.54) is 6.08 Å². The summed E-state index contributed by atoms with van der Waals surface area (Å²) in [5, 5.41) is 9.07. The van der Waals surface area contributed by atoms with Gasteiger partial charge in [0.25, 0.3) is 0 Å². The van der Waals surface area contributed by atoms with Crippen molar-refractivity contribution in [1.82, 2.24) is 4.90 Å². The van der Waals surface area contributed by atoms with Crippen molar-refractivity contribution in [3.05, 3.63) is 47.0 Å². The minimum atomic E-state index is -1.05. The zero-order valence-corrected chi connectivity index (χ0v) is 16.2. The molecular weight excluding hydrogens is 382 g/mol. The molecule has 1 N–H and O–H groups in total. The van der Waals surface area contributed by atoms with Gasteiger partial charge in [0.15, 0.2) is 5.78 Å². The lowest BCUT2D eigenvalue weighted by molar-refractivity contribution is -0.141. The molecule has 1 amide bonds. The van der Waals surface area contributed by atoms with Crippen molar-refractivity contribution in [3.8, 4) is 11.8 Å². The first-order chi connectivity index (χ1) is 13.5. The number of aliphatic carboxylic acids is 1. The summed E-state index contributed by atoms with van der Waals surface area (Å²) >= 11 is 5.93. The van der Waals surface area contributed by atoms with E-state index in [9.17, 15) is 14.4 Å². The zero-order valence-electron chi connectivity index (χ0n) is 15.4. The van der Waals surface area contributed by atoms with E-state index >= 15 is 0 Å². The number of benzene rings is 1. The molecule has 0 unspecified atom stereocenters. The van der Waals surface area contributed by atoms with E-state index in [4.69, 9.17) is 21.4 Å². The van der Waals surface area contributed by atoms with Gasteiger partial charge in [-0.25, -0.2) is 4.79 Å². The minimum absolute atomic E-state index is 0.00699. The summed E-state index contributed by atoms with van der Waals surface area (Å²) in [6, 6.07) is 6.97. The average Bonchev–Trinajstić information content (AvgIpc) is 2.64. The fourth-order valence-electron chi connectivity index (χ4n) is 2.86. The van der Waals surface area contributed by atoms with Gasteiger partial charge in [-0.15, -0.1) is 0 Å². The number of hydrogen-bond donors (Lipinski definition) is 1. The summed E-state index contributed by atoms with van der Waals surface area (Å²) in [6.45, 7) is -0.197. The van der Waals surface area contributed by atoms with Crippen LogP contribution in [-0.4, -0.2) is 53.5 Å². The number of rotatable bonds is 8. The van der Waals surface area contributed by atoms with Crippen LogP contribution in [0, 0.1) is 11.8 Å². The Kier molecular flexibility index (Phi) is 8.73. The minimum Gasteiger partial charge on any atom is -0.480 e. The van der Waals surface area contributed by atoms with Crippen LogP contribution >= 0.6 is 11.6 Å². The lowest BCUT2D eigenvalue weighted by Gasteiger charge is -2.32. The van der Waals surface area contributed by atoms with Crippen molar-refractivity contribution in [2.24, 2.45) is 0 Å². The molecule has 0 radical (unpaired) electrons. The molecule has 1 aliphatic heterocycles. The Labute approximate surface area is 169 Å². The number of likely N-dealkylation sites (tertiary alicyclic amines) is 1. The molecular formula is C21H22ClNO5. The molecule has 1 aliphatic rings. The largest absolute Gasteiger partial charge is 0.480 e. The third-order valence-electron chi connectivity index (χ3n) is 4.16. The number of carboxylic acids is 1. The number of carbonyl (C=O) groups is 3. The number of ether oxygens (including phenoxy) is 1. The smallest absolute Gasteiger partial charge is 0.329 e. The molecule has 0 aliphatic carbocycles. The molecule has 28 heavy (non-hydrogen) atoms. The predicted molar refractivity (Wildman–Crippen MR) is 105 cm³/mol. The van der Waals surface area contributed by atoms with Gasteiger partial charge in [0.1, 0.15) is 13.2 Å². The summed E-state index contributed by atoms with van der Waals surface area (Å²) < 4.78 is 4.84. The van der Waals surface area contributed by atoms with Crippen LogP contribution in [0.15, 0.2) is 36.4 Å². The molecule has 1 atom stereocenters. The van der Waals surface area contributed by atoms with E-state index in [-0.39, 0.29) is 37.3 Å². The maximum Gasteiger partial charge on any atom is 0.329 e. The molecule has 0 spiro atoms. The lowest BCUT2D eigenvalue weighted by atomic mass is 10.00. The summed E-state index contributed by atoms with van der Waals surface area (Å²) in [5.41, 5.74) is 0.839. The number of allylic oxidation sites excluding steroid dienone is 1. The first-order valence-corrected chi connectivity index (χ1v) is 9.33. The molecule has 0 bridgehead atoms. The van der Waals surface area contributed by atoms with E-state index in [2.05, 4.69) is 11.8 Å². The van der Waals surface area contributed by atoms with Gasteiger partial charge in [-0.05, 0) is 36.6 Å². The number of carboxylic acid groups (broad SMARTS) is 1. The number of nitrogens with zero attached hydrogens (tertiary/aromatic N) is 1. The average molecular weight is 404 g/mol. The highest BCUT2D eigenvalue weighted by Crippen LogP contribution is 2.19. The fourth-order valence-corrected chi connectivity index (χ4v) is 3.07. The predicted octanol–water partition coefficient (Wildman–Crippen LogP) is 2.49. The van der Waals surface area contributed by atoms with Gasteiger partial charge in [0.2, 0.25) is 5.91 Å². The molecule has 0 saturated carbocycles. The number of ketones is 1. The van der Waals surface area contributed by atoms with E-state index in [1.54, 1.807) is 29.2 Å². The highest BCUT2D eigenvalue weighted by atomic mass is 35.5. The van der Waals surface area contributed by atoms with Gasteiger partial charge < -0.3 is 14.7 Å². The molecule has 1 aromatic carbocycles. The Morgan fingerprint density at radius 3 is 2.93 bits per heavy atom. The zero-order chi connectivity index (χ0) is 20.4. The second-order valence-electron chi connectivity index (χ2n) is 6.35. The van der Waals surface area contributed by atoms with Crippen LogP contribution in [0.4, 0.5) is 0 Å². The third kappa shape index (κ3) is 7.55. The number of hydrogen-bond acceptors (Lipinski definition) is 4. The molecule has 1 fully saturated rings. The topological polar surface area (TPSA) is 83.9 Å². The van der Waals surface area contributed by atoms with Crippen molar-refractivity contribution < 1.29 is 24.2 Å². The standard InChI is InChI=1S/C21H22ClNO5/c22-17-6-3-5-16(13-17)14-19(24)10-9-18-7-4-8-20(25)23(18)11-1-2-12-28-15-21(26)27/h3,5-6,9-10,13,18H,4,7-8,11-12,14-15H2,(H,26,27)/b10-9+/t18-/m1/s1. The monoisotopic (exact) mass is 403 g/mol. The molecule has 7 heteroatoms. The number of carbonyl (C=O) groups excluding carboxylic acids is 2. The molecule has 148 valence electrons. The van der Waals surface area contributed by atoms with Gasteiger partial charge >= 0.3 is 5.97 Å². The van der Waals surface area contributed by atoms with E-state index in [1.807, 2.05) is 6.07 Å². The highest BCUT2D eigenvalue weighted by molar-refractivity contribution is 6.30. The lowest BCUT2D eigenvalue weighted by Crippen LogP contribution is -2.42. The first kappa shape index (κ1) is 21.7. The molecule has 1 saturated heterocycles. The Balaban J connectivity index is 1.90. The number of piperidine rings is 1. The van der Waals surface area contributed by atoms with Gasteiger partial charge in [-0.2, -0.15) is 0 Å². The maximum absolute atomic E-state index is 12.2. The fraction of sp³-hybridized carbons (Fsp3) is 0.381. The second-order valence-corrected chi connectivity index (χ2v) is 6.79. The van der Waals surface area contributed by atoms with Crippen LogP contribution < -0.4 is 0 Å². The van der Waals surface area contributed by atoms with Gasteiger partial charge in [0.05, 0.1) is 12.6 Å². The van der Waals surface area contributed by atoms with Crippen molar-refractivity contribution in [3.63, 3.8) is 0 Å².